The summed E-state index contributed by atoms with van der Waals surface area (Å²) in [5.74, 6) is 0. The van der Waals surface area contributed by atoms with Crippen LogP contribution in [0.2, 0.25) is 0 Å². The van der Waals surface area contributed by atoms with E-state index in [4.69, 9.17) is 43.4 Å². The van der Waals surface area contributed by atoms with Crippen molar-refractivity contribution in [1.82, 2.24) is 18.9 Å². The molecule has 0 unspecified atom stereocenters. The molecule has 402 valence electrons. The second kappa shape index (κ2) is 22.3. The minimum atomic E-state index is -0.493. The minimum absolute atomic E-state index is 0.230. The van der Waals surface area contributed by atoms with E-state index in [9.17, 15) is 9.59 Å². The fourth-order valence-corrected chi connectivity index (χ4v) is 10.5. The number of nitrogens with two attached hydrogens (primary N) is 2. The van der Waals surface area contributed by atoms with Crippen LogP contribution in [-0.4, -0.2) is 86.8 Å². The van der Waals surface area contributed by atoms with Gasteiger partial charge < -0.3 is 49.2 Å². The molecule has 3 fully saturated rings. The molecule has 5 heterocycles. The van der Waals surface area contributed by atoms with Crippen LogP contribution >= 0.6 is 15.9 Å². The molecule has 0 bridgehead atoms. The van der Waals surface area contributed by atoms with Crippen LogP contribution in [0.3, 0.4) is 0 Å². The van der Waals surface area contributed by atoms with Gasteiger partial charge in [-0.25, -0.2) is 19.3 Å². The maximum absolute atomic E-state index is 12.5. The number of aryl methyl sites for hydroxylation is 2. The molecule has 14 nitrogen and oxygen atoms in total. The number of nitrogens with zero attached hydrogens (tertiary/aromatic N) is 6. The number of nitrogen functional groups attached to an aromatic ring is 2. The number of halogens is 1. The molecule has 0 spiro atoms. The fourth-order valence-electron chi connectivity index (χ4n) is 9.94. The van der Waals surface area contributed by atoms with Gasteiger partial charge in [0.15, 0.2) is 11.4 Å². The number of amides is 2. The number of anilines is 2. The molecule has 3 aliphatic heterocycles. The third-order valence-electron chi connectivity index (χ3n) is 15.1. The lowest BCUT2D eigenvalue weighted by atomic mass is 9.76. The van der Waals surface area contributed by atoms with Gasteiger partial charge in [0.05, 0.1) is 24.3 Å². The highest BCUT2D eigenvalue weighted by atomic mass is 79.9. The van der Waals surface area contributed by atoms with E-state index in [2.05, 4.69) is 93.0 Å². The van der Waals surface area contributed by atoms with Gasteiger partial charge in [-0.3, -0.25) is 0 Å². The summed E-state index contributed by atoms with van der Waals surface area (Å²) in [6.45, 7) is 45.1. The molecule has 0 aliphatic carbocycles. The number of aromatic nitrogens is 2. The van der Waals surface area contributed by atoms with Crippen molar-refractivity contribution in [1.29, 1.82) is 0 Å². The number of hydrogen-bond donors (Lipinski definition) is 2. The predicted molar refractivity (Wildman–Crippen MR) is 312 cm³/mol. The highest BCUT2D eigenvalue weighted by Crippen LogP contribution is 2.42. The van der Waals surface area contributed by atoms with Gasteiger partial charge in [-0.05, 0) is 214 Å². The van der Waals surface area contributed by atoms with Crippen LogP contribution < -0.4 is 16.9 Å². The molecule has 4 N–H and O–H groups in total. The number of carbonyl (C=O) groups is 2. The van der Waals surface area contributed by atoms with Crippen molar-refractivity contribution < 1.29 is 28.4 Å². The van der Waals surface area contributed by atoms with E-state index < -0.39 is 11.2 Å². The van der Waals surface area contributed by atoms with E-state index >= 15 is 0 Å². The quantitative estimate of drug-likeness (QED) is 0.101. The zero-order chi connectivity index (χ0) is 55.8. The third kappa shape index (κ3) is 12.5. The molecule has 0 saturated carbocycles. The van der Waals surface area contributed by atoms with Crippen LogP contribution in [0.5, 0.6) is 0 Å². The van der Waals surface area contributed by atoms with Crippen LogP contribution in [0, 0.1) is 40.8 Å². The number of ether oxygens (including phenoxy) is 2. The Morgan fingerprint density at radius 2 is 1.07 bits per heavy atom. The Morgan fingerprint density at radius 1 is 0.645 bits per heavy atom. The molecule has 76 heavy (non-hydrogen) atoms. The second-order valence-corrected chi connectivity index (χ2v) is 24.3. The summed E-state index contributed by atoms with van der Waals surface area (Å²) in [6.07, 6.45) is 7.31. The van der Waals surface area contributed by atoms with E-state index in [-0.39, 0.29) is 36.5 Å². The monoisotopic (exact) mass is 1090 g/mol. The van der Waals surface area contributed by atoms with Crippen molar-refractivity contribution in [2.24, 2.45) is 0 Å². The first-order valence-corrected chi connectivity index (χ1v) is 27.0. The summed E-state index contributed by atoms with van der Waals surface area (Å²) in [5.41, 5.74) is 22.9. The van der Waals surface area contributed by atoms with Crippen molar-refractivity contribution in [3.63, 3.8) is 0 Å². The summed E-state index contributed by atoms with van der Waals surface area (Å²) in [7, 11) is -0.330. The van der Waals surface area contributed by atoms with Gasteiger partial charge in [0.25, 0.3) is 0 Å². The predicted octanol–water partition coefficient (Wildman–Crippen LogP) is 14.3. The Kier molecular flexibility index (Phi) is 16.8. The number of likely N-dealkylation sites (tertiary alicyclic amines) is 2. The fraction of sp³-hybridized carbons (Fsp3) is 0.467. The Labute approximate surface area is 458 Å². The molecule has 4 aromatic carbocycles. The van der Waals surface area contributed by atoms with E-state index in [1.807, 2.05) is 112 Å². The lowest BCUT2D eigenvalue weighted by molar-refractivity contribution is 0.00578. The molecular weight excluding hydrogens is 1020 g/mol. The molecule has 2 aromatic heterocycles. The largest absolute Gasteiger partial charge is 0.495 e. The first-order chi connectivity index (χ1) is 35.5. The first kappa shape index (κ1) is 57.3. The number of piperidine rings is 2. The van der Waals surface area contributed by atoms with Crippen molar-refractivity contribution >= 4 is 85.3 Å². The summed E-state index contributed by atoms with van der Waals surface area (Å²) >= 11 is 3.63. The first-order valence-electron chi connectivity index (χ1n) is 26.3. The van der Waals surface area contributed by atoms with Crippen LogP contribution in [0.4, 0.5) is 32.3 Å². The lowest BCUT2D eigenvalue weighted by Crippen LogP contribution is -2.42. The highest BCUT2D eigenvalue weighted by molar-refractivity contribution is 9.10. The van der Waals surface area contributed by atoms with E-state index in [0.29, 0.717) is 43.6 Å². The van der Waals surface area contributed by atoms with E-state index in [1.54, 1.807) is 9.80 Å². The molecule has 2 amide bonds. The van der Waals surface area contributed by atoms with Gasteiger partial charge in [-0.15, -0.1) is 0 Å². The van der Waals surface area contributed by atoms with Crippen LogP contribution in [0.1, 0.15) is 129 Å². The average molecular weight is 1100 g/mol. The zero-order valence-corrected chi connectivity index (χ0v) is 48.6. The minimum Gasteiger partial charge on any atom is -0.444 e. The van der Waals surface area contributed by atoms with Gasteiger partial charge in [-0.1, -0.05) is 24.3 Å². The van der Waals surface area contributed by atoms with Crippen LogP contribution in [0.25, 0.3) is 42.6 Å². The third-order valence-corrected chi connectivity index (χ3v) is 15.7. The van der Waals surface area contributed by atoms with Crippen molar-refractivity contribution in [3.05, 3.63) is 123 Å². The summed E-state index contributed by atoms with van der Waals surface area (Å²) < 4.78 is 28.7. The molecule has 6 aromatic rings. The van der Waals surface area contributed by atoms with Gasteiger partial charge in [0.1, 0.15) is 11.2 Å². The number of hydrogen-bond acceptors (Lipinski definition) is 8. The normalized spacial score (nSPS) is 16.8. The lowest BCUT2D eigenvalue weighted by Gasteiger charge is -2.34. The molecule has 0 atom stereocenters. The van der Waals surface area contributed by atoms with Gasteiger partial charge in [0, 0.05) is 88.5 Å². The van der Waals surface area contributed by atoms with Crippen molar-refractivity contribution in [2.45, 2.75) is 157 Å². The number of benzene rings is 4. The molecule has 16 heteroatoms. The second-order valence-electron chi connectivity index (χ2n) is 23.4. The average Bonchev–Trinajstić information content (AvgIpc) is 3.95. The van der Waals surface area contributed by atoms with Gasteiger partial charge >= 0.3 is 19.3 Å². The molecular formula is C60H76BBrN8O6. The SMILES string of the molecule is Cc1c(N)cccc1B1OC(C)(C)C(C)(C)O1.[C-]#[N+]c1cc2c(-c3cccc(N)c3C)cn(C3CCN(C(=O)OC(C)(C)C)CC3)c2cc1C.[C-]#[N+]c1cc2c(Br)cn(C3CCN(C(=O)OC(C)(C)C)CC3)c2cc1C. The topological polar surface area (TPSA) is 148 Å². The summed E-state index contributed by atoms with van der Waals surface area (Å²) in [5, 5.41) is 2.13. The van der Waals surface area contributed by atoms with Crippen molar-refractivity contribution in [3.8, 4) is 11.1 Å². The Bertz CT molecular complexity index is 3210. The standard InChI is InChI=1S/C27H32N4O2.C20H24BrN3O2.C13H20BNO2/c1-17-14-25-21(15-24(17)29-6)22(20-8-7-9-23(28)18(20)2)16-31(25)19-10-12-30(13-11-19)26(32)33-27(3,4)5;1-13-10-18-15(11-17(13)22-5)16(21)12-24(18)14-6-8-23(9-7-14)19(25)26-20(2,3)4;1-9-10(7-6-8-11(9)15)14-16-12(2,3)13(4,5)17-14/h7-9,14-16,19H,10-13,28H2,1-5H3;10-12,14H,6-9H2,1-4H3;6-8H,15H2,1-5H3. The number of rotatable bonds is 4. The number of carbonyl (C=O) groups excluding carboxylic acids is 2. The highest BCUT2D eigenvalue weighted by Gasteiger charge is 2.52. The van der Waals surface area contributed by atoms with Gasteiger partial charge in [0.2, 0.25) is 0 Å². The maximum Gasteiger partial charge on any atom is 0.495 e. The summed E-state index contributed by atoms with van der Waals surface area (Å²) in [6, 6.07) is 20.6. The Morgan fingerprint density at radius 3 is 1.53 bits per heavy atom. The van der Waals surface area contributed by atoms with E-state index in [0.717, 1.165) is 102 Å². The molecule has 3 aliphatic rings. The Hall–Kier alpha value is -6.46. The number of fused-ring (bicyclic) bond motifs is 2. The van der Waals surface area contributed by atoms with Crippen LogP contribution in [-0.2, 0) is 18.8 Å². The van der Waals surface area contributed by atoms with Gasteiger partial charge in [-0.2, -0.15) is 0 Å². The molecule has 3 saturated heterocycles. The molecule has 9 rings (SSSR count). The smallest absolute Gasteiger partial charge is 0.444 e. The van der Waals surface area contributed by atoms with E-state index in [1.165, 1.54) is 0 Å². The maximum atomic E-state index is 12.5. The molecule has 0 radical (unpaired) electrons. The zero-order valence-electron chi connectivity index (χ0n) is 47.0. The van der Waals surface area contributed by atoms with Crippen LogP contribution in [0.15, 0.2) is 77.5 Å². The van der Waals surface area contributed by atoms with Crippen molar-refractivity contribution in [2.75, 3.05) is 37.6 Å². The Balaban J connectivity index is 0.000000174. The summed E-state index contributed by atoms with van der Waals surface area (Å²) in [4.78, 5) is 35.7.